The molecule has 2 aromatic rings. The Morgan fingerprint density at radius 3 is 2.62 bits per heavy atom. The molecule has 0 spiro atoms. The zero-order chi connectivity index (χ0) is 17.9. The number of hydrogen-bond donors (Lipinski definition) is 0. The summed E-state index contributed by atoms with van der Waals surface area (Å²) in [5.41, 5.74) is 1.99. The van der Waals surface area contributed by atoms with Crippen molar-refractivity contribution in [3.63, 3.8) is 0 Å². The fraction of sp³-hybridized carbons (Fsp3) is 0.263. The summed E-state index contributed by atoms with van der Waals surface area (Å²) in [5.74, 6) is 0.584. The number of aliphatic imine (C=N–C) groups is 1. The van der Waals surface area contributed by atoms with E-state index in [2.05, 4.69) is 22.0 Å². The van der Waals surface area contributed by atoms with Crippen molar-refractivity contribution in [3.8, 4) is 0 Å². The van der Waals surface area contributed by atoms with Crippen LogP contribution >= 0.6 is 11.8 Å². The van der Waals surface area contributed by atoms with Gasteiger partial charge >= 0.3 is 0 Å². The maximum Gasteiger partial charge on any atom is 0.266 e. The van der Waals surface area contributed by atoms with E-state index in [1.54, 1.807) is 30.4 Å². The Bertz CT molecular complexity index is 837. The third-order valence-corrected chi connectivity index (χ3v) is 5.33. The molecule has 0 radical (unpaired) electrons. The van der Waals surface area contributed by atoms with E-state index in [4.69, 9.17) is 9.15 Å². The number of thioether (sulfide) groups is 1. The van der Waals surface area contributed by atoms with Crippen LogP contribution in [0.15, 0.2) is 57.0 Å². The van der Waals surface area contributed by atoms with Gasteiger partial charge in [0.1, 0.15) is 5.76 Å². The van der Waals surface area contributed by atoms with Gasteiger partial charge in [-0.15, -0.1) is 0 Å². The highest BCUT2D eigenvalue weighted by molar-refractivity contribution is 8.18. The summed E-state index contributed by atoms with van der Waals surface area (Å²) in [7, 11) is 1.74. The molecule has 0 bridgehead atoms. The van der Waals surface area contributed by atoms with Gasteiger partial charge in [-0.05, 0) is 48.2 Å². The van der Waals surface area contributed by atoms with Crippen LogP contribution < -0.4 is 4.90 Å². The number of morpholine rings is 1. The van der Waals surface area contributed by atoms with Gasteiger partial charge in [-0.25, -0.2) is 4.99 Å². The minimum absolute atomic E-state index is 0.0740. The molecular formula is C19H19N3O3S. The summed E-state index contributed by atoms with van der Waals surface area (Å²) in [5, 5.41) is 0.659. The van der Waals surface area contributed by atoms with E-state index in [0.29, 0.717) is 15.8 Å². The van der Waals surface area contributed by atoms with E-state index >= 15 is 0 Å². The number of amides is 1. The van der Waals surface area contributed by atoms with E-state index < -0.39 is 0 Å². The van der Waals surface area contributed by atoms with Crippen LogP contribution in [0.5, 0.6) is 0 Å². The van der Waals surface area contributed by atoms with Crippen molar-refractivity contribution in [2.45, 2.75) is 0 Å². The average Bonchev–Trinajstić information content (AvgIpc) is 3.28. The molecule has 0 aliphatic carbocycles. The molecule has 7 heteroatoms. The van der Waals surface area contributed by atoms with E-state index in [1.807, 2.05) is 18.2 Å². The second-order valence-corrected chi connectivity index (χ2v) is 7.01. The van der Waals surface area contributed by atoms with Crippen LogP contribution in [-0.4, -0.2) is 49.3 Å². The van der Waals surface area contributed by atoms with Crippen LogP contribution in [0.4, 0.5) is 11.4 Å². The quantitative estimate of drug-likeness (QED) is 0.777. The molecule has 0 saturated carbocycles. The lowest BCUT2D eigenvalue weighted by molar-refractivity contribution is -0.121. The fourth-order valence-electron chi connectivity index (χ4n) is 2.82. The molecular weight excluding hydrogens is 350 g/mol. The predicted octanol–water partition coefficient (Wildman–Crippen LogP) is 3.35. The number of rotatable bonds is 3. The monoisotopic (exact) mass is 369 g/mol. The van der Waals surface area contributed by atoms with Gasteiger partial charge in [-0.3, -0.25) is 9.69 Å². The third kappa shape index (κ3) is 3.54. The first-order valence-electron chi connectivity index (χ1n) is 8.43. The summed E-state index contributed by atoms with van der Waals surface area (Å²) >= 11 is 1.35. The molecule has 6 nitrogen and oxygen atoms in total. The van der Waals surface area contributed by atoms with Gasteiger partial charge in [-0.2, -0.15) is 0 Å². The first-order valence-corrected chi connectivity index (χ1v) is 9.25. The second kappa shape index (κ2) is 7.39. The zero-order valence-corrected chi connectivity index (χ0v) is 15.2. The van der Waals surface area contributed by atoms with Crippen LogP contribution in [0.25, 0.3) is 6.08 Å². The number of carbonyl (C=O) groups is 1. The Hall–Kier alpha value is -2.51. The number of amidine groups is 1. The number of anilines is 1. The maximum absolute atomic E-state index is 12.4. The van der Waals surface area contributed by atoms with E-state index in [9.17, 15) is 4.79 Å². The maximum atomic E-state index is 12.4. The highest BCUT2D eigenvalue weighted by Crippen LogP contribution is 2.33. The average molecular weight is 369 g/mol. The van der Waals surface area contributed by atoms with Crippen molar-refractivity contribution in [2.75, 3.05) is 38.3 Å². The smallest absolute Gasteiger partial charge is 0.266 e. The lowest BCUT2D eigenvalue weighted by Gasteiger charge is -2.28. The Morgan fingerprint density at radius 1 is 1.15 bits per heavy atom. The molecule has 3 heterocycles. The normalized spacial score (nSPS) is 21.2. The number of benzene rings is 1. The Labute approximate surface area is 156 Å². The number of likely N-dealkylation sites (N-methyl/N-ethyl adjacent to an activating group) is 1. The molecule has 1 aromatic carbocycles. The highest BCUT2D eigenvalue weighted by Gasteiger charge is 2.30. The van der Waals surface area contributed by atoms with E-state index in [1.165, 1.54) is 17.4 Å². The lowest BCUT2D eigenvalue weighted by Crippen LogP contribution is -2.36. The number of hydrogen-bond acceptors (Lipinski definition) is 6. The molecule has 0 atom stereocenters. The molecule has 26 heavy (non-hydrogen) atoms. The molecule has 1 amide bonds. The van der Waals surface area contributed by atoms with Crippen LogP contribution in [0.1, 0.15) is 5.76 Å². The topological polar surface area (TPSA) is 58.3 Å². The summed E-state index contributed by atoms with van der Waals surface area (Å²) in [4.78, 5) is 21.5. The van der Waals surface area contributed by atoms with Gasteiger partial charge in [0, 0.05) is 31.9 Å². The minimum Gasteiger partial charge on any atom is -0.465 e. The van der Waals surface area contributed by atoms with Gasteiger partial charge in [0.2, 0.25) is 0 Å². The predicted molar refractivity (Wildman–Crippen MR) is 104 cm³/mol. The Balaban J connectivity index is 1.51. The summed E-state index contributed by atoms with van der Waals surface area (Å²) < 4.78 is 10.7. The first kappa shape index (κ1) is 16.9. The molecule has 2 aliphatic rings. The molecule has 134 valence electrons. The third-order valence-electron chi connectivity index (χ3n) is 4.27. The second-order valence-electron chi connectivity index (χ2n) is 6.00. The largest absolute Gasteiger partial charge is 0.465 e. The first-order chi connectivity index (χ1) is 12.7. The Morgan fingerprint density at radius 2 is 1.92 bits per heavy atom. The van der Waals surface area contributed by atoms with Gasteiger partial charge in [-0.1, -0.05) is 0 Å². The molecule has 0 unspecified atom stereocenters. The van der Waals surface area contributed by atoms with Crippen molar-refractivity contribution in [2.24, 2.45) is 4.99 Å². The van der Waals surface area contributed by atoms with Crippen molar-refractivity contribution < 1.29 is 13.9 Å². The number of furan rings is 1. The zero-order valence-electron chi connectivity index (χ0n) is 14.4. The highest BCUT2D eigenvalue weighted by atomic mass is 32.2. The van der Waals surface area contributed by atoms with E-state index in [0.717, 1.165) is 32.0 Å². The summed E-state index contributed by atoms with van der Waals surface area (Å²) in [6.07, 6.45) is 3.33. The van der Waals surface area contributed by atoms with Crippen LogP contribution in [0, 0.1) is 0 Å². The van der Waals surface area contributed by atoms with Crippen molar-refractivity contribution in [3.05, 3.63) is 53.3 Å². The van der Waals surface area contributed by atoms with Crippen LogP contribution in [-0.2, 0) is 9.53 Å². The van der Waals surface area contributed by atoms with Crippen molar-refractivity contribution in [1.82, 2.24) is 4.90 Å². The number of carbonyl (C=O) groups excluding carboxylic acids is 1. The van der Waals surface area contributed by atoms with Crippen molar-refractivity contribution >= 4 is 40.3 Å². The Kier molecular flexibility index (Phi) is 4.81. The molecule has 2 saturated heterocycles. The van der Waals surface area contributed by atoms with E-state index in [-0.39, 0.29) is 5.91 Å². The molecule has 4 rings (SSSR count). The minimum atomic E-state index is -0.0740. The van der Waals surface area contributed by atoms with Gasteiger partial charge in [0.15, 0.2) is 5.17 Å². The number of ether oxygens (including phenoxy) is 1. The van der Waals surface area contributed by atoms with Gasteiger partial charge < -0.3 is 14.1 Å². The molecule has 0 N–H and O–H groups in total. The fourth-order valence-corrected chi connectivity index (χ4v) is 3.79. The van der Waals surface area contributed by atoms with Crippen LogP contribution in [0.2, 0.25) is 0 Å². The van der Waals surface area contributed by atoms with Gasteiger partial charge in [0.05, 0.1) is 30.1 Å². The summed E-state index contributed by atoms with van der Waals surface area (Å²) in [6, 6.07) is 11.7. The lowest BCUT2D eigenvalue weighted by atomic mass is 10.2. The van der Waals surface area contributed by atoms with Crippen molar-refractivity contribution in [1.29, 1.82) is 0 Å². The van der Waals surface area contributed by atoms with Gasteiger partial charge in [0.25, 0.3) is 5.91 Å². The number of nitrogens with zero attached hydrogens (tertiary/aromatic N) is 3. The standard InChI is InChI=1S/C19H19N3O3S/c1-21-18(23)17(13-16-3-2-10-25-16)26-19(21)20-14-4-6-15(7-5-14)22-8-11-24-12-9-22/h2-7,10,13H,8-9,11-12H2,1H3/b17-13+,20-19?. The molecule has 2 fully saturated rings. The SMILES string of the molecule is CN1C(=O)/C(=C\c2ccco2)SC1=Nc1ccc(N2CCOCC2)cc1. The molecule has 1 aromatic heterocycles. The van der Waals surface area contributed by atoms with Crippen LogP contribution in [0.3, 0.4) is 0 Å². The summed E-state index contributed by atoms with van der Waals surface area (Å²) in [6.45, 7) is 3.33. The molecule has 2 aliphatic heterocycles.